The van der Waals surface area contributed by atoms with Gasteiger partial charge in [-0.2, -0.15) is 0 Å². The Morgan fingerprint density at radius 3 is 2.28 bits per heavy atom. The van der Waals surface area contributed by atoms with Gasteiger partial charge in [-0.15, -0.1) is 0 Å². The fraction of sp³-hybridized carbons (Fsp3) is 0.933. The Morgan fingerprint density at radius 1 is 1.28 bits per heavy atom. The SMILES string of the molecule is CC(C1CCCCC1)N(CCC(=O)O)C(C)(C)C. The van der Waals surface area contributed by atoms with Gasteiger partial charge in [0.25, 0.3) is 0 Å². The van der Waals surface area contributed by atoms with Crippen molar-refractivity contribution < 1.29 is 9.90 Å². The highest BCUT2D eigenvalue weighted by Crippen LogP contribution is 2.31. The normalized spacial score (nSPS) is 20.1. The van der Waals surface area contributed by atoms with Gasteiger partial charge in [-0.25, -0.2) is 0 Å². The molecule has 0 radical (unpaired) electrons. The molecule has 0 bridgehead atoms. The summed E-state index contributed by atoms with van der Waals surface area (Å²) in [5.74, 6) is 0.0480. The highest BCUT2D eigenvalue weighted by molar-refractivity contribution is 5.66. The van der Waals surface area contributed by atoms with E-state index in [0.29, 0.717) is 12.6 Å². The maximum atomic E-state index is 10.8. The van der Waals surface area contributed by atoms with Gasteiger partial charge in [-0.1, -0.05) is 19.3 Å². The lowest BCUT2D eigenvalue weighted by molar-refractivity contribution is -0.137. The van der Waals surface area contributed by atoms with Gasteiger partial charge in [0.1, 0.15) is 0 Å². The summed E-state index contributed by atoms with van der Waals surface area (Å²) in [4.78, 5) is 13.2. The fourth-order valence-electron chi connectivity index (χ4n) is 3.24. The molecule has 3 nitrogen and oxygen atoms in total. The molecule has 0 aromatic heterocycles. The number of hydrogen-bond donors (Lipinski definition) is 1. The molecule has 0 aliphatic heterocycles. The minimum atomic E-state index is -0.694. The summed E-state index contributed by atoms with van der Waals surface area (Å²) >= 11 is 0. The standard InChI is InChI=1S/C15H29NO2/c1-12(13-8-6-5-7-9-13)16(15(2,3)4)11-10-14(17)18/h12-13H,5-11H2,1-4H3,(H,17,18). The Bertz CT molecular complexity index is 264. The van der Waals surface area contributed by atoms with Gasteiger partial charge >= 0.3 is 5.97 Å². The van der Waals surface area contributed by atoms with Crippen molar-refractivity contribution in [1.82, 2.24) is 4.90 Å². The van der Waals surface area contributed by atoms with Gasteiger partial charge < -0.3 is 5.11 Å². The predicted octanol–water partition coefficient (Wildman–Crippen LogP) is 3.53. The molecule has 0 amide bonds. The second-order valence-corrected chi connectivity index (χ2v) is 6.65. The van der Waals surface area contributed by atoms with E-state index >= 15 is 0 Å². The van der Waals surface area contributed by atoms with Crippen molar-refractivity contribution in [1.29, 1.82) is 0 Å². The second-order valence-electron chi connectivity index (χ2n) is 6.65. The third kappa shape index (κ3) is 4.60. The highest BCUT2D eigenvalue weighted by Gasteiger charge is 2.31. The van der Waals surface area contributed by atoms with Crippen molar-refractivity contribution in [3.8, 4) is 0 Å². The largest absolute Gasteiger partial charge is 0.481 e. The van der Waals surface area contributed by atoms with E-state index in [4.69, 9.17) is 5.11 Å². The average Bonchev–Trinajstić information content (AvgIpc) is 2.28. The maximum Gasteiger partial charge on any atom is 0.304 e. The molecule has 0 aromatic rings. The van der Waals surface area contributed by atoms with Crippen LogP contribution in [0.3, 0.4) is 0 Å². The average molecular weight is 255 g/mol. The monoisotopic (exact) mass is 255 g/mol. The lowest BCUT2D eigenvalue weighted by Crippen LogP contribution is -2.50. The Hall–Kier alpha value is -0.570. The molecule has 18 heavy (non-hydrogen) atoms. The van der Waals surface area contributed by atoms with Crippen LogP contribution in [0.2, 0.25) is 0 Å². The first-order valence-electron chi connectivity index (χ1n) is 7.31. The minimum Gasteiger partial charge on any atom is -0.481 e. The molecule has 0 aromatic carbocycles. The van der Waals surface area contributed by atoms with Crippen LogP contribution < -0.4 is 0 Å². The molecular formula is C15H29NO2. The van der Waals surface area contributed by atoms with Gasteiger partial charge in [0.2, 0.25) is 0 Å². The molecule has 0 heterocycles. The van der Waals surface area contributed by atoms with Crippen LogP contribution in [0.4, 0.5) is 0 Å². The number of nitrogens with zero attached hydrogens (tertiary/aromatic N) is 1. The third-order valence-corrected chi connectivity index (χ3v) is 4.25. The minimum absolute atomic E-state index is 0.0479. The van der Waals surface area contributed by atoms with Crippen molar-refractivity contribution in [2.75, 3.05) is 6.54 Å². The zero-order valence-electron chi connectivity index (χ0n) is 12.4. The molecular weight excluding hydrogens is 226 g/mol. The molecule has 1 aliphatic rings. The smallest absolute Gasteiger partial charge is 0.304 e. The van der Waals surface area contributed by atoms with E-state index in [2.05, 4.69) is 32.6 Å². The molecule has 1 N–H and O–H groups in total. The fourth-order valence-corrected chi connectivity index (χ4v) is 3.24. The zero-order valence-corrected chi connectivity index (χ0v) is 12.4. The summed E-state index contributed by atoms with van der Waals surface area (Å²) in [6.45, 7) is 9.51. The first kappa shape index (κ1) is 15.5. The Morgan fingerprint density at radius 2 is 1.83 bits per heavy atom. The summed E-state index contributed by atoms with van der Waals surface area (Å²) in [7, 11) is 0. The third-order valence-electron chi connectivity index (χ3n) is 4.25. The van der Waals surface area contributed by atoms with Gasteiger partial charge in [-0.3, -0.25) is 9.69 Å². The number of aliphatic carboxylic acids is 1. The van der Waals surface area contributed by atoms with E-state index in [1.807, 2.05) is 0 Å². The first-order chi connectivity index (χ1) is 8.32. The number of hydrogen-bond acceptors (Lipinski definition) is 2. The van der Waals surface area contributed by atoms with Crippen molar-refractivity contribution in [2.45, 2.75) is 77.8 Å². The number of rotatable bonds is 5. The van der Waals surface area contributed by atoms with Crippen LogP contribution in [-0.4, -0.2) is 34.1 Å². The van der Waals surface area contributed by atoms with Crippen LogP contribution in [0.5, 0.6) is 0 Å². The lowest BCUT2D eigenvalue weighted by Gasteiger charge is -2.44. The molecule has 1 aliphatic carbocycles. The summed E-state index contributed by atoms with van der Waals surface area (Å²) in [6, 6.07) is 0.490. The van der Waals surface area contributed by atoms with Gasteiger partial charge in [-0.05, 0) is 46.5 Å². The van der Waals surface area contributed by atoms with Crippen molar-refractivity contribution >= 4 is 5.97 Å². The Labute approximate surface area is 112 Å². The maximum absolute atomic E-state index is 10.8. The number of carboxylic acids is 1. The predicted molar refractivity (Wildman–Crippen MR) is 74.7 cm³/mol. The van der Waals surface area contributed by atoms with Gasteiger partial charge in [0.05, 0.1) is 6.42 Å². The zero-order chi connectivity index (χ0) is 13.8. The Balaban J connectivity index is 2.65. The molecule has 1 atom stereocenters. The summed E-state index contributed by atoms with van der Waals surface area (Å²) in [5, 5.41) is 8.89. The van der Waals surface area contributed by atoms with Crippen molar-refractivity contribution in [3.63, 3.8) is 0 Å². The summed E-state index contributed by atoms with van der Waals surface area (Å²) < 4.78 is 0. The van der Waals surface area contributed by atoms with Gasteiger partial charge in [0, 0.05) is 18.1 Å². The van der Waals surface area contributed by atoms with Crippen molar-refractivity contribution in [3.05, 3.63) is 0 Å². The Kier molecular flexibility index (Phi) is 5.64. The van der Waals surface area contributed by atoms with Crippen LogP contribution in [0, 0.1) is 5.92 Å². The van der Waals surface area contributed by atoms with Crippen LogP contribution in [0.1, 0.15) is 66.2 Å². The van der Waals surface area contributed by atoms with E-state index in [1.165, 1.54) is 32.1 Å². The molecule has 0 spiro atoms. The topological polar surface area (TPSA) is 40.5 Å². The van der Waals surface area contributed by atoms with Crippen LogP contribution in [0.25, 0.3) is 0 Å². The molecule has 1 saturated carbocycles. The van der Waals surface area contributed by atoms with Crippen LogP contribution >= 0.6 is 0 Å². The second kappa shape index (κ2) is 6.55. The van der Waals surface area contributed by atoms with E-state index < -0.39 is 5.97 Å². The molecule has 0 saturated heterocycles. The molecule has 1 fully saturated rings. The van der Waals surface area contributed by atoms with E-state index in [9.17, 15) is 4.79 Å². The van der Waals surface area contributed by atoms with E-state index in [-0.39, 0.29) is 12.0 Å². The quantitative estimate of drug-likeness (QED) is 0.817. The van der Waals surface area contributed by atoms with Gasteiger partial charge in [0.15, 0.2) is 0 Å². The summed E-state index contributed by atoms with van der Waals surface area (Å²) in [6.07, 6.45) is 6.90. The van der Waals surface area contributed by atoms with E-state index in [0.717, 1.165) is 5.92 Å². The number of carboxylic acid groups (broad SMARTS) is 1. The highest BCUT2D eigenvalue weighted by atomic mass is 16.4. The summed E-state index contributed by atoms with van der Waals surface area (Å²) in [5.41, 5.74) is 0.0479. The number of carbonyl (C=O) groups is 1. The first-order valence-corrected chi connectivity index (χ1v) is 7.31. The molecule has 1 unspecified atom stereocenters. The van der Waals surface area contributed by atoms with Crippen molar-refractivity contribution in [2.24, 2.45) is 5.92 Å². The van der Waals surface area contributed by atoms with Crippen LogP contribution in [0.15, 0.2) is 0 Å². The molecule has 3 heteroatoms. The van der Waals surface area contributed by atoms with E-state index in [1.54, 1.807) is 0 Å². The molecule has 106 valence electrons. The lowest BCUT2D eigenvalue weighted by atomic mass is 9.82. The molecule has 1 rings (SSSR count). The van der Waals surface area contributed by atoms with Crippen LogP contribution in [-0.2, 0) is 4.79 Å².